The Morgan fingerprint density at radius 3 is 2.72 bits per heavy atom. The number of amides is 1. The summed E-state index contributed by atoms with van der Waals surface area (Å²) in [7, 11) is 0. The average molecular weight is 357 g/mol. The minimum atomic E-state index is -0.841. The number of anilines is 1. The molecule has 1 heterocycles. The maximum atomic E-state index is 12.4. The number of fused-ring (bicyclic) bond motifs is 1. The summed E-state index contributed by atoms with van der Waals surface area (Å²) >= 11 is 1.50. The van der Waals surface area contributed by atoms with Gasteiger partial charge in [-0.25, -0.2) is 4.79 Å². The minimum absolute atomic E-state index is 0.327. The van der Waals surface area contributed by atoms with Crippen LogP contribution < -0.4 is 5.32 Å². The minimum Gasteiger partial charge on any atom is -0.448 e. The lowest BCUT2D eigenvalue weighted by atomic mass is 9.90. The number of benzene rings is 1. The van der Waals surface area contributed by atoms with Crippen LogP contribution in [-0.2, 0) is 22.4 Å². The molecule has 0 spiro atoms. The van der Waals surface area contributed by atoms with Crippen LogP contribution in [0, 0.1) is 12.8 Å². The lowest BCUT2D eigenvalue weighted by molar-refractivity contribution is -0.123. The number of carbonyl (C=O) groups is 2. The lowest BCUT2D eigenvalue weighted by Gasteiger charge is -2.16. The number of carbonyl (C=O) groups excluding carboxylic acids is 2. The second kappa shape index (κ2) is 7.40. The van der Waals surface area contributed by atoms with E-state index in [4.69, 9.17) is 4.74 Å². The van der Waals surface area contributed by atoms with Gasteiger partial charge in [-0.1, -0.05) is 24.6 Å². The van der Waals surface area contributed by atoms with Crippen molar-refractivity contribution < 1.29 is 14.3 Å². The highest BCUT2D eigenvalue weighted by Crippen LogP contribution is 2.32. The van der Waals surface area contributed by atoms with E-state index < -0.39 is 12.1 Å². The van der Waals surface area contributed by atoms with E-state index in [9.17, 15) is 9.59 Å². The first-order valence-electron chi connectivity index (χ1n) is 8.62. The van der Waals surface area contributed by atoms with E-state index in [1.807, 2.05) is 37.3 Å². The predicted molar refractivity (Wildman–Crippen MR) is 100 cm³/mol. The molecular formula is C20H23NO3S. The van der Waals surface area contributed by atoms with E-state index in [1.54, 1.807) is 6.92 Å². The summed E-state index contributed by atoms with van der Waals surface area (Å²) < 4.78 is 5.36. The monoisotopic (exact) mass is 357 g/mol. The van der Waals surface area contributed by atoms with Crippen molar-refractivity contribution in [2.45, 2.75) is 46.1 Å². The van der Waals surface area contributed by atoms with Crippen LogP contribution in [0.4, 0.5) is 5.69 Å². The van der Waals surface area contributed by atoms with Crippen LogP contribution in [-0.4, -0.2) is 18.0 Å². The molecule has 1 aromatic carbocycles. The number of hydrogen-bond donors (Lipinski definition) is 1. The first-order valence-corrected chi connectivity index (χ1v) is 9.44. The first kappa shape index (κ1) is 17.7. The van der Waals surface area contributed by atoms with Gasteiger partial charge in [0, 0.05) is 10.6 Å². The van der Waals surface area contributed by atoms with Crippen molar-refractivity contribution in [2.75, 3.05) is 5.32 Å². The van der Waals surface area contributed by atoms with Crippen LogP contribution in [0.15, 0.2) is 30.3 Å². The van der Waals surface area contributed by atoms with Crippen molar-refractivity contribution in [3.63, 3.8) is 0 Å². The molecular weight excluding hydrogens is 334 g/mol. The molecule has 2 aromatic rings. The topological polar surface area (TPSA) is 55.4 Å². The standard InChI is InChI=1S/C20H23NO3S/c1-12-4-7-16(8-5-12)21-19(22)14(3)24-20(23)18-11-15-10-13(2)6-9-17(15)25-18/h4-5,7-8,11,13-14H,6,9-10H2,1-3H3,(H,21,22)/t13-,14-/m0/s1. The van der Waals surface area contributed by atoms with Gasteiger partial charge in [0.2, 0.25) is 0 Å². The zero-order valence-electron chi connectivity index (χ0n) is 14.8. The van der Waals surface area contributed by atoms with Gasteiger partial charge in [-0.15, -0.1) is 11.3 Å². The molecule has 1 N–H and O–H groups in total. The molecule has 25 heavy (non-hydrogen) atoms. The third-order valence-corrected chi connectivity index (χ3v) is 5.72. The van der Waals surface area contributed by atoms with Crippen LogP contribution >= 0.6 is 11.3 Å². The number of thiophene rings is 1. The maximum Gasteiger partial charge on any atom is 0.349 e. The quantitative estimate of drug-likeness (QED) is 0.827. The molecule has 1 aliphatic carbocycles. The van der Waals surface area contributed by atoms with Gasteiger partial charge in [0.05, 0.1) is 0 Å². The van der Waals surface area contributed by atoms with Gasteiger partial charge in [0.15, 0.2) is 6.10 Å². The molecule has 4 nitrogen and oxygen atoms in total. The normalized spacial score (nSPS) is 17.5. The van der Waals surface area contributed by atoms with E-state index in [0.29, 0.717) is 16.5 Å². The molecule has 0 fully saturated rings. The Morgan fingerprint density at radius 2 is 2.00 bits per heavy atom. The molecule has 5 heteroatoms. The van der Waals surface area contributed by atoms with Gasteiger partial charge >= 0.3 is 5.97 Å². The Labute approximate surface area is 152 Å². The third-order valence-electron chi connectivity index (χ3n) is 4.50. The highest BCUT2D eigenvalue weighted by atomic mass is 32.1. The Hall–Kier alpha value is -2.14. The Morgan fingerprint density at radius 1 is 1.28 bits per heavy atom. The molecule has 0 saturated carbocycles. The number of nitrogens with one attached hydrogen (secondary N) is 1. The molecule has 3 rings (SSSR count). The highest BCUT2D eigenvalue weighted by molar-refractivity contribution is 7.14. The number of ether oxygens (including phenoxy) is 1. The molecule has 1 aliphatic rings. The van der Waals surface area contributed by atoms with Gasteiger partial charge in [-0.3, -0.25) is 4.79 Å². The van der Waals surface area contributed by atoms with Crippen molar-refractivity contribution in [3.8, 4) is 0 Å². The van der Waals surface area contributed by atoms with E-state index in [2.05, 4.69) is 12.2 Å². The van der Waals surface area contributed by atoms with Crippen LogP contribution in [0.25, 0.3) is 0 Å². The van der Waals surface area contributed by atoms with Crippen molar-refractivity contribution in [3.05, 3.63) is 51.2 Å². The summed E-state index contributed by atoms with van der Waals surface area (Å²) in [5.74, 6) is -0.0871. The molecule has 0 saturated heterocycles. The zero-order valence-corrected chi connectivity index (χ0v) is 15.6. The zero-order chi connectivity index (χ0) is 18.0. The first-order chi connectivity index (χ1) is 11.9. The third kappa shape index (κ3) is 4.28. The molecule has 1 aromatic heterocycles. The summed E-state index contributed by atoms with van der Waals surface area (Å²) in [6, 6.07) is 9.43. The van der Waals surface area contributed by atoms with E-state index >= 15 is 0 Å². The molecule has 1 amide bonds. The molecule has 132 valence electrons. The summed E-state index contributed by atoms with van der Waals surface area (Å²) in [5, 5.41) is 2.77. The molecule has 0 aliphatic heterocycles. The number of aryl methyl sites for hydroxylation is 2. The maximum absolute atomic E-state index is 12.4. The fraction of sp³-hybridized carbons (Fsp3) is 0.400. The van der Waals surface area contributed by atoms with Crippen LogP contribution in [0.3, 0.4) is 0 Å². The summed E-state index contributed by atoms with van der Waals surface area (Å²) in [4.78, 5) is 26.5. The van der Waals surface area contributed by atoms with Crippen LogP contribution in [0.5, 0.6) is 0 Å². The van der Waals surface area contributed by atoms with E-state index in [-0.39, 0.29) is 5.91 Å². The highest BCUT2D eigenvalue weighted by Gasteiger charge is 2.24. The Balaban J connectivity index is 1.60. The largest absolute Gasteiger partial charge is 0.448 e. The fourth-order valence-electron chi connectivity index (χ4n) is 2.96. The summed E-state index contributed by atoms with van der Waals surface area (Å²) in [6.45, 7) is 5.81. The molecule has 2 atom stereocenters. The lowest BCUT2D eigenvalue weighted by Crippen LogP contribution is -2.29. The van der Waals surface area contributed by atoms with Crippen molar-refractivity contribution >= 4 is 28.9 Å². The van der Waals surface area contributed by atoms with Gasteiger partial charge < -0.3 is 10.1 Å². The number of esters is 1. The second-order valence-corrected chi connectivity index (χ2v) is 7.95. The SMILES string of the molecule is Cc1ccc(NC(=O)[C@H](C)OC(=O)c2cc3c(s2)CC[C@H](C)C3)cc1. The number of rotatable bonds is 4. The smallest absolute Gasteiger partial charge is 0.349 e. The fourth-order valence-corrected chi connectivity index (χ4v) is 4.05. The molecule has 0 unspecified atom stereocenters. The average Bonchev–Trinajstić information content (AvgIpc) is 3.00. The predicted octanol–water partition coefficient (Wildman–Crippen LogP) is 4.37. The Kier molecular flexibility index (Phi) is 5.23. The van der Waals surface area contributed by atoms with Gasteiger partial charge in [0.25, 0.3) is 5.91 Å². The molecule has 0 bridgehead atoms. The van der Waals surface area contributed by atoms with E-state index in [0.717, 1.165) is 24.8 Å². The molecule has 0 radical (unpaired) electrons. The van der Waals surface area contributed by atoms with E-state index in [1.165, 1.54) is 21.8 Å². The van der Waals surface area contributed by atoms with Gasteiger partial charge in [0.1, 0.15) is 4.88 Å². The number of hydrogen-bond acceptors (Lipinski definition) is 4. The van der Waals surface area contributed by atoms with Gasteiger partial charge in [-0.2, -0.15) is 0 Å². The van der Waals surface area contributed by atoms with Crippen molar-refractivity contribution in [1.82, 2.24) is 0 Å². The van der Waals surface area contributed by atoms with Crippen LogP contribution in [0.2, 0.25) is 0 Å². The van der Waals surface area contributed by atoms with Crippen molar-refractivity contribution in [1.29, 1.82) is 0 Å². The summed E-state index contributed by atoms with van der Waals surface area (Å²) in [6.07, 6.45) is 2.37. The van der Waals surface area contributed by atoms with Gasteiger partial charge in [-0.05, 0) is 62.8 Å². The van der Waals surface area contributed by atoms with Crippen LogP contribution in [0.1, 0.15) is 45.9 Å². The van der Waals surface area contributed by atoms with Crippen molar-refractivity contribution in [2.24, 2.45) is 5.92 Å². The Bertz CT molecular complexity index is 779. The summed E-state index contributed by atoms with van der Waals surface area (Å²) in [5.41, 5.74) is 3.07. The second-order valence-electron chi connectivity index (χ2n) is 6.81.